The highest BCUT2D eigenvalue weighted by Gasteiger charge is 2.32. The Balaban J connectivity index is 1.11. The average molecular weight is 545 g/mol. The monoisotopic (exact) mass is 544 g/mol. The van der Waals surface area contributed by atoms with Gasteiger partial charge in [-0.15, -0.1) is 13.2 Å². The van der Waals surface area contributed by atoms with Crippen LogP contribution in [0.3, 0.4) is 0 Å². The standard InChI is InChI=1S/C29H32F4N4O2/c30-24-16-34-27-23(15-25(35-27)19-7-11-36(12-8-19)17-18-1-2-18)26(24)20-9-13-37(14-10-20)28(38)21-3-5-22(6-4-21)39-29(31,32)33/h3-6,15-16,18-20H,1-2,7-14,17H2,(H,34,35). The minimum absolute atomic E-state index is 0.0499. The number of nitrogens with one attached hydrogen (secondary N) is 1. The van der Waals surface area contributed by atoms with Gasteiger partial charge in [0.05, 0.1) is 6.20 Å². The third-order valence-corrected chi connectivity index (χ3v) is 8.44. The molecule has 0 bridgehead atoms. The van der Waals surface area contributed by atoms with Gasteiger partial charge in [-0.1, -0.05) is 0 Å². The van der Waals surface area contributed by atoms with Crippen molar-refractivity contribution in [3.05, 3.63) is 59.2 Å². The van der Waals surface area contributed by atoms with Crippen LogP contribution < -0.4 is 4.74 Å². The van der Waals surface area contributed by atoms with E-state index in [-0.39, 0.29) is 23.4 Å². The molecule has 2 aromatic heterocycles. The molecule has 2 saturated heterocycles. The maximum absolute atomic E-state index is 15.2. The molecule has 3 aromatic rings. The lowest BCUT2D eigenvalue weighted by Crippen LogP contribution is -2.38. The van der Waals surface area contributed by atoms with Gasteiger partial charge < -0.3 is 19.5 Å². The van der Waals surface area contributed by atoms with Gasteiger partial charge in [-0.2, -0.15) is 0 Å². The molecule has 0 unspecified atom stereocenters. The predicted molar refractivity (Wildman–Crippen MR) is 138 cm³/mol. The Morgan fingerprint density at radius 3 is 2.28 bits per heavy atom. The Morgan fingerprint density at radius 2 is 1.64 bits per heavy atom. The first-order valence-corrected chi connectivity index (χ1v) is 13.8. The smallest absolute Gasteiger partial charge is 0.406 e. The summed E-state index contributed by atoms with van der Waals surface area (Å²) in [6, 6.07) is 7.02. The van der Waals surface area contributed by atoms with Gasteiger partial charge in [-0.25, -0.2) is 9.37 Å². The molecule has 39 heavy (non-hydrogen) atoms. The van der Waals surface area contributed by atoms with Gasteiger partial charge in [-0.3, -0.25) is 4.79 Å². The Bertz CT molecular complexity index is 1320. The molecule has 2 aliphatic heterocycles. The zero-order valence-corrected chi connectivity index (χ0v) is 21.6. The Labute approximate surface area is 224 Å². The lowest BCUT2D eigenvalue weighted by atomic mass is 9.87. The molecule has 1 N–H and O–H groups in total. The molecule has 1 amide bonds. The summed E-state index contributed by atoms with van der Waals surface area (Å²) in [5.41, 5.74) is 2.79. The molecule has 3 fully saturated rings. The number of aromatic amines is 1. The molecule has 1 aliphatic carbocycles. The summed E-state index contributed by atoms with van der Waals surface area (Å²) in [7, 11) is 0. The lowest BCUT2D eigenvalue weighted by Gasteiger charge is -2.32. The molecule has 3 aliphatic rings. The second-order valence-corrected chi connectivity index (χ2v) is 11.2. The van der Waals surface area contributed by atoms with Gasteiger partial charge in [0, 0.05) is 47.8 Å². The Kier molecular flexibility index (Phi) is 6.99. The SMILES string of the molecule is O=C(c1ccc(OC(F)(F)F)cc1)N1CCC(c2c(F)cnc3[nH]c(C4CCN(CC5CC5)CC4)cc23)CC1. The van der Waals surface area contributed by atoms with E-state index in [9.17, 15) is 18.0 Å². The van der Waals surface area contributed by atoms with Crippen LogP contribution in [-0.2, 0) is 0 Å². The van der Waals surface area contributed by atoms with E-state index in [0.29, 0.717) is 48.6 Å². The minimum Gasteiger partial charge on any atom is -0.406 e. The van der Waals surface area contributed by atoms with Crippen molar-refractivity contribution in [1.82, 2.24) is 19.8 Å². The highest BCUT2D eigenvalue weighted by Crippen LogP contribution is 2.38. The maximum atomic E-state index is 15.2. The van der Waals surface area contributed by atoms with Gasteiger partial charge in [0.15, 0.2) is 0 Å². The summed E-state index contributed by atoms with van der Waals surface area (Å²) in [4.78, 5) is 25.0. The second-order valence-electron chi connectivity index (χ2n) is 11.2. The van der Waals surface area contributed by atoms with Crippen LogP contribution in [0.2, 0.25) is 0 Å². The number of benzene rings is 1. The zero-order valence-electron chi connectivity index (χ0n) is 21.6. The van der Waals surface area contributed by atoms with E-state index in [2.05, 4.69) is 25.7 Å². The van der Waals surface area contributed by atoms with Crippen LogP contribution in [0.5, 0.6) is 5.75 Å². The van der Waals surface area contributed by atoms with Crippen LogP contribution in [-0.4, -0.2) is 64.8 Å². The van der Waals surface area contributed by atoms with Crippen molar-refractivity contribution in [2.45, 2.75) is 56.7 Å². The summed E-state index contributed by atoms with van der Waals surface area (Å²) in [5.74, 6) is 0.305. The number of hydrogen-bond acceptors (Lipinski definition) is 4. The third kappa shape index (κ3) is 5.90. The summed E-state index contributed by atoms with van der Waals surface area (Å²) < 4.78 is 56.3. The number of alkyl halides is 3. The molecular weight excluding hydrogens is 512 g/mol. The van der Waals surface area contributed by atoms with Crippen molar-refractivity contribution in [3.63, 3.8) is 0 Å². The highest BCUT2D eigenvalue weighted by molar-refractivity contribution is 5.94. The number of nitrogens with zero attached hydrogens (tertiary/aromatic N) is 3. The van der Waals surface area contributed by atoms with Gasteiger partial charge in [0.25, 0.3) is 5.91 Å². The van der Waals surface area contributed by atoms with E-state index in [0.717, 1.165) is 55.1 Å². The van der Waals surface area contributed by atoms with Gasteiger partial charge >= 0.3 is 6.36 Å². The van der Waals surface area contributed by atoms with Crippen LogP contribution in [0.1, 0.15) is 72.0 Å². The molecule has 0 radical (unpaired) electrons. The van der Waals surface area contributed by atoms with Crippen molar-refractivity contribution in [3.8, 4) is 5.75 Å². The van der Waals surface area contributed by atoms with Crippen molar-refractivity contribution in [1.29, 1.82) is 0 Å². The number of H-pyrrole nitrogens is 1. The molecule has 1 aromatic carbocycles. The highest BCUT2D eigenvalue weighted by atomic mass is 19.4. The van der Waals surface area contributed by atoms with E-state index in [1.165, 1.54) is 37.7 Å². The van der Waals surface area contributed by atoms with Crippen LogP contribution in [0, 0.1) is 11.7 Å². The number of carbonyl (C=O) groups excluding carboxylic acids is 1. The first kappa shape index (κ1) is 26.1. The number of fused-ring (bicyclic) bond motifs is 1. The molecule has 10 heteroatoms. The number of carbonyl (C=O) groups is 1. The Hall–Kier alpha value is -3.14. The molecule has 6 nitrogen and oxygen atoms in total. The number of hydrogen-bond donors (Lipinski definition) is 1. The van der Waals surface area contributed by atoms with E-state index in [4.69, 9.17) is 0 Å². The summed E-state index contributed by atoms with van der Waals surface area (Å²) in [5, 5.41) is 0.829. The van der Waals surface area contributed by atoms with Crippen LogP contribution >= 0.6 is 0 Å². The second kappa shape index (κ2) is 10.4. The number of amides is 1. The molecule has 4 heterocycles. The van der Waals surface area contributed by atoms with Crippen LogP contribution in [0.4, 0.5) is 17.6 Å². The number of likely N-dealkylation sites (tertiary alicyclic amines) is 2. The fourth-order valence-corrected chi connectivity index (χ4v) is 6.17. The van der Waals surface area contributed by atoms with Gasteiger partial charge in [0.2, 0.25) is 0 Å². The molecule has 6 rings (SSSR count). The van der Waals surface area contributed by atoms with Crippen LogP contribution in [0.15, 0.2) is 36.5 Å². The average Bonchev–Trinajstić information content (AvgIpc) is 3.63. The van der Waals surface area contributed by atoms with Crippen molar-refractivity contribution >= 4 is 16.9 Å². The van der Waals surface area contributed by atoms with Crippen molar-refractivity contribution in [2.75, 3.05) is 32.7 Å². The van der Waals surface area contributed by atoms with E-state index in [1.807, 2.05) is 0 Å². The first-order valence-electron chi connectivity index (χ1n) is 13.8. The van der Waals surface area contributed by atoms with E-state index < -0.39 is 6.36 Å². The van der Waals surface area contributed by atoms with E-state index in [1.54, 1.807) is 4.90 Å². The van der Waals surface area contributed by atoms with Gasteiger partial charge in [-0.05, 0) is 93.8 Å². The minimum atomic E-state index is -4.78. The number of rotatable bonds is 6. The molecular formula is C29H32F4N4O2. The third-order valence-electron chi connectivity index (χ3n) is 8.44. The molecule has 0 atom stereocenters. The van der Waals surface area contributed by atoms with E-state index >= 15 is 4.39 Å². The maximum Gasteiger partial charge on any atom is 0.573 e. The molecule has 208 valence electrons. The number of aromatic nitrogens is 2. The number of piperidine rings is 2. The first-order chi connectivity index (χ1) is 18.7. The predicted octanol–water partition coefficient (Wildman–Crippen LogP) is 6.21. The fraction of sp³-hybridized carbons (Fsp3) is 0.517. The van der Waals surface area contributed by atoms with Crippen molar-refractivity contribution in [2.24, 2.45) is 5.92 Å². The summed E-state index contributed by atoms with van der Waals surface area (Å²) >= 11 is 0. The fourth-order valence-electron chi connectivity index (χ4n) is 6.17. The normalized spacial score (nSPS) is 20.1. The molecule has 1 saturated carbocycles. The van der Waals surface area contributed by atoms with Gasteiger partial charge in [0.1, 0.15) is 17.2 Å². The van der Waals surface area contributed by atoms with Crippen LogP contribution in [0.25, 0.3) is 11.0 Å². The Morgan fingerprint density at radius 1 is 0.974 bits per heavy atom. The zero-order chi connectivity index (χ0) is 27.1. The lowest BCUT2D eigenvalue weighted by molar-refractivity contribution is -0.274. The number of pyridine rings is 1. The summed E-state index contributed by atoms with van der Waals surface area (Å²) in [6.45, 7) is 4.27. The quantitative estimate of drug-likeness (QED) is 0.375. The van der Waals surface area contributed by atoms with Crippen molar-refractivity contribution < 1.29 is 27.1 Å². The largest absolute Gasteiger partial charge is 0.573 e. The topological polar surface area (TPSA) is 61.5 Å². The summed E-state index contributed by atoms with van der Waals surface area (Å²) in [6.07, 6.45) is 2.59. The molecule has 0 spiro atoms. The number of halogens is 4. The number of ether oxygens (including phenoxy) is 1.